The summed E-state index contributed by atoms with van der Waals surface area (Å²) in [4.78, 5) is 15.6. The second-order valence-electron chi connectivity index (χ2n) is 3.22. The van der Waals surface area contributed by atoms with Gasteiger partial charge in [0.2, 0.25) is 0 Å². The lowest BCUT2D eigenvalue weighted by atomic mass is 10.0. The van der Waals surface area contributed by atoms with Crippen molar-refractivity contribution in [3.05, 3.63) is 29.3 Å². The van der Waals surface area contributed by atoms with Gasteiger partial charge in [-0.25, -0.2) is 4.99 Å². The van der Waals surface area contributed by atoms with Crippen LogP contribution in [0, 0.1) is 6.92 Å². The van der Waals surface area contributed by atoms with E-state index in [1.165, 1.54) is 0 Å². The number of hydrogen-bond acceptors (Lipinski definition) is 3. The number of hydrogen-bond donors (Lipinski definition) is 1. The third-order valence-corrected chi connectivity index (χ3v) is 2.06. The number of amidine groups is 1. The van der Waals surface area contributed by atoms with Gasteiger partial charge in [-0.3, -0.25) is 4.79 Å². The molecule has 0 unspecified atom stereocenters. The smallest absolute Gasteiger partial charge is 0.172 e. The van der Waals surface area contributed by atoms with Gasteiger partial charge in [0.05, 0.1) is 12.1 Å². The van der Waals surface area contributed by atoms with Gasteiger partial charge in [-0.05, 0) is 19.1 Å². The molecule has 0 spiro atoms. The van der Waals surface area contributed by atoms with Crippen LogP contribution >= 0.6 is 0 Å². The summed E-state index contributed by atoms with van der Waals surface area (Å²) in [6, 6.07) is 5.61. The quantitative estimate of drug-likeness (QED) is 0.649. The molecule has 3 heteroatoms. The largest absolute Gasteiger partial charge is 0.387 e. The lowest BCUT2D eigenvalue weighted by Crippen LogP contribution is -2.20. The van der Waals surface area contributed by atoms with Gasteiger partial charge in [0, 0.05) is 5.56 Å². The van der Waals surface area contributed by atoms with Crippen LogP contribution in [0.5, 0.6) is 0 Å². The maximum atomic E-state index is 11.5. The molecule has 1 aromatic carbocycles. The minimum atomic E-state index is 0.0613. The second-order valence-corrected chi connectivity index (χ2v) is 3.22. The Bertz CT molecular complexity index is 407. The van der Waals surface area contributed by atoms with E-state index in [9.17, 15) is 4.79 Å². The van der Waals surface area contributed by atoms with E-state index >= 15 is 0 Å². The van der Waals surface area contributed by atoms with Crippen molar-refractivity contribution in [1.82, 2.24) is 0 Å². The van der Waals surface area contributed by atoms with Crippen molar-refractivity contribution < 1.29 is 4.79 Å². The highest BCUT2D eigenvalue weighted by Crippen LogP contribution is 2.25. The van der Waals surface area contributed by atoms with Crippen LogP contribution in [0.25, 0.3) is 0 Å². The summed E-state index contributed by atoms with van der Waals surface area (Å²) in [5, 5.41) is 0. The van der Waals surface area contributed by atoms with E-state index in [0.717, 1.165) is 5.56 Å². The number of rotatable bonds is 0. The molecular formula is C10H10N2O. The molecular weight excluding hydrogens is 164 g/mol. The molecule has 1 aromatic rings. The number of nitrogens with two attached hydrogens (primary N) is 1. The minimum Gasteiger partial charge on any atom is -0.387 e. The number of fused-ring (bicyclic) bond motifs is 1. The summed E-state index contributed by atoms with van der Waals surface area (Å²) in [6.07, 6.45) is 0.246. The Labute approximate surface area is 76.3 Å². The molecule has 3 nitrogen and oxygen atoms in total. The Morgan fingerprint density at radius 1 is 1.46 bits per heavy atom. The predicted octanol–water partition coefficient (Wildman–Crippen LogP) is 1.57. The van der Waals surface area contributed by atoms with Crippen LogP contribution in [0.2, 0.25) is 0 Å². The molecule has 2 rings (SSSR count). The maximum Gasteiger partial charge on any atom is 0.172 e. The fourth-order valence-corrected chi connectivity index (χ4v) is 1.42. The summed E-state index contributed by atoms with van der Waals surface area (Å²) in [6.45, 7) is 1.95. The Morgan fingerprint density at radius 3 is 3.00 bits per heavy atom. The first-order valence-electron chi connectivity index (χ1n) is 4.14. The van der Waals surface area contributed by atoms with Crippen LogP contribution in [-0.4, -0.2) is 11.6 Å². The van der Waals surface area contributed by atoms with Crippen LogP contribution in [0.1, 0.15) is 22.3 Å². The summed E-state index contributed by atoms with van der Waals surface area (Å²) in [5.74, 6) is 0.465. The Hall–Kier alpha value is -1.64. The van der Waals surface area contributed by atoms with Crippen molar-refractivity contribution in [1.29, 1.82) is 0 Å². The number of benzene rings is 1. The second kappa shape index (κ2) is 2.69. The molecule has 13 heavy (non-hydrogen) atoms. The normalized spacial score (nSPS) is 15.2. The first kappa shape index (κ1) is 7.98. The monoisotopic (exact) mass is 174 g/mol. The zero-order valence-electron chi connectivity index (χ0n) is 7.37. The maximum absolute atomic E-state index is 11.5. The average molecular weight is 174 g/mol. The fraction of sp³-hybridized carbons (Fsp3) is 0.200. The third-order valence-electron chi connectivity index (χ3n) is 2.06. The van der Waals surface area contributed by atoms with Crippen LogP contribution in [0.3, 0.4) is 0 Å². The fourth-order valence-electron chi connectivity index (χ4n) is 1.42. The van der Waals surface area contributed by atoms with Crippen molar-refractivity contribution in [3.63, 3.8) is 0 Å². The van der Waals surface area contributed by atoms with Gasteiger partial charge in [0.15, 0.2) is 5.78 Å². The van der Waals surface area contributed by atoms with E-state index in [4.69, 9.17) is 5.73 Å². The standard InChI is InChI=1S/C10H10N2O/c1-6-2-3-8-7(4-6)9(13)5-10(11)12-8/h2-4H,5H2,1H3,(H2,11,12). The molecule has 1 aliphatic heterocycles. The number of ketones is 1. The highest BCUT2D eigenvalue weighted by atomic mass is 16.1. The first-order chi connectivity index (χ1) is 6.16. The number of aliphatic imine (C=N–C) groups is 1. The first-order valence-corrected chi connectivity index (χ1v) is 4.14. The third kappa shape index (κ3) is 1.33. The molecule has 0 radical (unpaired) electrons. The molecule has 0 amide bonds. The van der Waals surface area contributed by atoms with Gasteiger partial charge in [0.25, 0.3) is 0 Å². The summed E-state index contributed by atoms with van der Waals surface area (Å²) in [5.41, 5.74) is 7.96. The molecule has 1 aliphatic rings. The van der Waals surface area contributed by atoms with Crippen molar-refractivity contribution >= 4 is 17.3 Å². The van der Waals surface area contributed by atoms with Crippen LogP contribution < -0.4 is 5.73 Å². The number of Topliss-reactive ketones (excluding diaryl/α,β-unsaturated/α-hetero) is 1. The zero-order chi connectivity index (χ0) is 9.42. The van der Waals surface area contributed by atoms with E-state index in [1.54, 1.807) is 0 Å². The molecule has 0 bridgehead atoms. The lowest BCUT2D eigenvalue weighted by molar-refractivity contribution is 0.0999. The Kier molecular flexibility index (Phi) is 1.65. The van der Waals surface area contributed by atoms with Gasteiger partial charge >= 0.3 is 0 Å². The van der Waals surface area contributed by atoms with Crippen LogP contribution in [-0.2, 0) is 0 Å². The highest BCUT2D eigenvalue weighted by Gasteiger charge is 2.17. The van der Waals surface area contributed by atoms with Gasteiger partial charge in [-0.1, -0.05) is 11.6 Å². The zero-order valence-corrected chi connectivity index (χ0v) is 7.37. The lowest BCUT2D eigenvalue weighted by Gasteiger charge is -2.11. The van der Waals surface area contributed by atoms with Gasteiger partial charge in [-0.15, -0.1) is 0 Å². The van der Waals surface area contributed by atoms with E-state index < -0.39 is 0 Å². The van der Waals surface area contributed by atoms with E-state index in [2.05, 4.69) is 4.99 Å². The van der Waals surface area contributed by atoms with Gasteiger partial charge in [0.1, 0.15) is 5.84 Å². The Balaban J connectivity index is 2.63. The van der Waals surface area contributed by atoms with Crippen molar-refractivity contribution in [3.8, 4) is 0 Å². The molecule has 0 atom stereocenters. The molecule has 0 aromatic heterocycles. The number of carbonyl (C=O) groups excluding carboxylic acids is 1. The molecule has 66 valence electrons. The molecule has 2 N–H and O–H groups in total. The van der Waals surface area contributed by atoms with Crippen LogP contribution in [0.15, 0.2) is 23.2 Å². The number of aryl methyl sites for hydroxylation is 1. The summed E-state index contributed by atoms with van der Waals surface area (Å²) >= 11 is 0. The van der Waals surface area contributed by atoms with Gasteiger partial charge < -0.3 is 5.73 Å². The molecule has 0 aliphatic carbocycles. The highest BCUT2D eigenvalue weighted by molar-refractivity contribution is 6.14. The molecule has 1 heterocycles. The van der Waals surface area contributed by atoms with E-state index in [-0.39, 0.29) is 12.2 Å². The molecule has 0 saturated heterocycles. The minimum absolute atomic E-state index is 0.0613. The van der Waals surface area contributed by atoms with Crippen LogP contribution in [0.4, 0.5) is 5.69 Å². The van der Waals surface area contributed by atoms with Crippen molar-refractivity contribution in [2.45, 2.75) is 13.3 Å². The van der Waals surface area contributed by atoms with Crippen molar-refractivity contribution in [2.24, 2.45) is 10.7 Å². The predicted molar refractivity (Wildman–Crippen MR) is 51.4 cm³/mol. The molecule has 0 saturated carbocycles. The van der Waals surface area contributed by atoms with Crippen molar-refractivity contribution in [2.75, 3.05) is 0 Å². The summed E-state index contributed by atoms with van der Waals surface area (Å²) in [7, 11) is 0. The topological polar surface area (TPSA) is 55.5 Å². The number of carbonyl (C=O) groups is 1. The molecule has 0 fully saturated rings. The SMILES string of the molecule is Cc1ccc2c(c1)C(=O)CC(N)=N2. The number of nitrogens with zero attached hydrogens (tertiary/aromatic N) is 1. The Morgan fingerprint density at radius 2 is 2.23 bits per heavy atom. The average Bonchev–Trinajstić information content (AvgIpc) is 2.06. The van der Waals surface area contributed by atoms with E-state index in [1.807, 2.05) is 25.1 Å². The summed E-state index contributed by atoms with van der Waals surface area (Å²) < 4.78 is 0. The van der Waals surface area contributed by atoms with Gasteiger partial charge in [-0.2, -0.15) is 0 Å². The van der Waals surface area contributed by atoms with E-state index in [0.29, 0.717) is 17.1 Å².